The molecule has 1 amide bonds. The van der Waals surface area contributed by atoms with E-state index in [0.717, 1.165) is 42.9 Å². The first-order chi connectivity index (χ1) is 11.5. The highest BCUT2D eigenvalue weighted by atomic mass is 19.1. The van der Waals surface area contributed by atoms with Gasteiger partial charge in [0.2, 0.25) is 5.91 Å². The fourth-order valence-electron chi connectivity index (χ4n) is 3.21. The molecule has 1 aliphatic rings. The molecule has 1 aliphatic heterocycles. The van der Waals surface area contributed by atoms with Crippen LogP contribution in [0.4, 0.5) is 10.1 Å². The van der Waals surface area contributed by atoms with Crippen molar-refractivity contribution in [3.63, 3.8) is 0 Å². The maximum Gasteiger partial charge on any atom is 0.217 e. The highest BCUT2D eigenvalue weighted by molar-refractivity contribution is 5.74. The lowest BCUT2D eigenvalue weighted by atomic mass is 9.93. The van der Waals surface area contributed by atoms with Gasteiger partial charge in [-0.2, -0.15) is 0 Å². The van der Waals surface area contributed by atoms with Gasteiger partial charge >= 0.3 is 0 Å². The van der Waals surface area contributed by atoms with Crippen molar-refractivity contribution < 1.29 is 9.18 Å². The molecule has 0 atom stereocenters. The normalized spacial score (nSPS) is 15.5. The highest BCUT2D eigenvalue weighted by Gasteiger charge is 2.21. The van der Waals surface area contributed by atoms with Crippen molar-refractivity contribution >= 4 is 11.6 Å². The number of nitrogens with zero attached hydrogens (tertiary/aromatic N) is 2. The quantitative estimate of drug-likeness (QED) is 0.937. The molecule has 0 bridgehead atoms. The Morgan fingerprint density at radius 2 is 2.04 bits per heavy atom. The number of carbonyl (C=O) groups excluding carboxylic acids is 1. The molecule has 1 aromatic heterocycles. The van der Waals surface area contributed by atoms with Gasteiger partial charge in [0, 0.05) is 37.0 Å². The summed E-state index contributed by atoms with van der Waals surface area (Å²) >= 11 is 0. The number of hydrogen-bond donors (Lipinski definition) is 1. The van der Waals surface area contributed by atoms with Gasteiger partial charge in [0.15, 0.2) is 0 Å². The smallest absolute Gasteiger partial charge is 0.217 e. The van der Waals surface area contributed by atoms with Crippen molar-refractivity contribution in [1.82, 2.24) is 4.98 Å². The van der Waals surface area contributed by atoms with Gasteiger partial charge in [0.1, 0.15) is 5.82 Å². The molecule has 1 aromatic carbocycles. The summed E-state index contributed by atoms with van der Waals surface area (Å²) in [6, 6.07) is 9.17. The van der Waals surface area contributed by atoms with Crippen molar-refractivity contribution in [2.75, 3.05) is 18.0 Å². The molecule has 3 rings (SSSR count). The van der Waals surface area contributed by atoms with Crippen LogP contribution in [-0.2, 0) is 4.79 Å². The monoisotopic (exact) mass is 327 g/mol. The van der Waals surface area contributed by atoms with E-state index in [-0.39, 0.29) is 11.7 Å². The molecule has 0 radical (unpaired) electrons. The maximum atomic E-state index is 13.8. The van der Waals surface area contributed by atoms with Gasteiger partial charge in [-0.1, -0.05) is 12.1 Å². The minimum absolute atomic E-state index is 0.216. The summed E-state index contributed by atoms with van der Waals surface area (Å²) in [6.07, 6.45) is 4.15. The Morgan fingerprint density at radius 1 is 1.29 bits per heavy atom. The SMILES string of the molecule is Cc1ccc(-c2cc(N3CCC(CC(N)=O)CC3)ccn2)cc1F. The van der Waals surface area contributed by atoms with Crippen LogP contribution in [0.3, 0.4) is 0 Å². The molecule has 1 fully saturated rings. The minimum Gasteiger partial charge on any atom is -0.371 e. The number of halogens is 1. The molecule has 0 saturated carbocycles. The zero-order valence-electron chi connectivity index (χ0n) is 13.8. The summed E-state index contributed by atoms with van der Waals surface area (Å²) in [7, 11) is 0. The molecular weight excluding hydrogens is 305 g/mol. The summed E-state index contributed by atoms with van der Waals surface area (Å²) in [5.74, 6) is -0.0562. The number of rotatable bonds is 4. The standard InChI is InChI=1S/C19H22FN3O/c1-13-2-3-15(11-17(13)20)18-12-16(4-7-22-18)23-8-5-14(6-9-23)10-19(21)24/h2-4,7,11-12,14H,5-6,8-10H2,1H3,(H2,21,24). The molecule has 2 heterocycles. The number of nitrogens with two attached hydrogens (primary N) is 1. The average Bonchev–Trinajstić information content (AvgIpc) is 2.58. The Morgan fingerprint density at radius 3 is 2.71 bits per heavy atom. The summed E-state index contributed by atoms with van der Waals surface area (Å²) in [6.45, 7) is 3.53. The van der Waals surface area contributed by atoms with Crippen LogP contribution in [0.1, 0.15) is 24.8 Å². The Bertz CT molecular complexity index is 739. The number of carbonyl (C=O) groups is 1. The van der Waals surface area contributed by atoms with E-state index < -0.39 is 0 Å². The Labute approximate surface area is 141 Å². The van der Waals surface area contributed by atoms with Gasteiger partial charge in [-0.3, -0.25) is 9.78 Å². The number of amides is 1. The lowest BCUT2D eigenvalue weighted by Crippen LogP contribution is -2.35. The van der Waals surface area contributed by atoms with Crippen molar-refractivity contribution in [1.29, 1.82) is 0 Å². The van der Waals surface area contributed by atoms with E-state index in [1.807, 2.05) is 18.2 Å². The minimum atomic E-state index is -0.221. The van der Waals surface area contributed by atoms with Crippen LogP contribution in [0.25, 0.3) is 11.3 Å². The second kappa shape index (κ2) is 6.99. The molecule has 0 spiro atoms. The molecule has 5 heteroatoms. The van der Waals surface area contributed by atoms with Crippen molar-refractivity contribution in [3.05, 3.63) is 47.9 Å². The van der Waals surface area contributed by atoms with Gasteiger partial charge in [-0.15, -0.1) is 0 Å². The van der Waals surface area contributed by atoms with Crippen LogP contribution in [0.2, 0.25) is 0 Å². The third-order valence-corrected chi connectivity index (χ3v) is 4.68. The van der Waals surface area contributed by atoms with Gasteiger partial charge in [0.25, 0.3) is 0 Å². The van der Waals surface area contributed by atoms with E-state index in [1.165, 1.54) is 6.07 Å². The number of aryl methyl sites for hydroxylation is 1. The van der Waals surface area contributed by atoms with Crippen molar-refractivity contribution in [3.8, 4) is 11.3 Å². The number of hydrogen-bond acceptors (Lipinski definition) is 3. The Balaban J connectivity index is 1.74. The molecule has 4 nitrogen and oxygen atoms in total. The number of pyridine rings is 1. The van der Waals surface area contributed by atoms with Gasteiger partial charge in [-0.05, 0) is 49.4 Å². The van der Waals surface area contributed by atoms with Crippen molar-refractivity contribution in [2.45, 2.75) is 26.2 Å². The summed E-state index contributed by atoms with van der Waals surface area (Å²) in [5, 5.41) is 0. The molecular formula is C19H22FN3O. The second-order valence-electron chi connectivity index (χ2n) is 6.46. The molecule has 1 saturated heterocycles. The van der Waals surface area contributed by atoms with Crippen LogP contribution in [0, 0.1) is 18.7 Å². The molecule has 0 aliphatic carbocycles. The van der Waals surface area contributed by atoms with Crippen LogP contribution >= 0.6 is 0 Å². The van der Waals surface area contributed by atoms with E-state index in [1.54, 1.807) is 19.2 Å². The number of aromatic nitrogens is 1. The summed E-state index contributed by atoms with van der Waals surface area (Å²) in [4.78, 5) is 17.7. The Kier molecular flexibility index (Phi) is 4.79. The third-order valence-electron chi connectivity index (χ3n) is 4.68. The highest BCUT2D eigenvalue weighted by Crippen LogP contribution is 2.28. The van der Waals surface area contributed by atoms with E-state index in [2.05, 4.69) is 9.88 Å². The van der Waals surface area contributed by atoms with Crippen LogP contribution in [0.15, 0.2) is 36.5 Å². The molecule has 126 valence electrons. The zero-order valence-corrected chi connectivity index (χ0v) is 13.8. The topological polar surface area (TPSA) is 59.2 Å². The molecule has 0 unspecified atom stereocenters. The first-order valence-electron chi connectivity index (χ1n) is 8.29. The fourth-order valence-corrected chi connectivity index (χ4v) is 3.21. The number of anilines is 1. The van der Waals surface area contributed by atoms with Crippen molar-refractivity contribution in [2.24, 2.45) is 11.7 Å². The molecule has 2 aromatic rings. The largest absolute Gasteiger partial charge is 0.371 e. The lowest BCUT2D eigenvalue weighted by molar-refractivity contribution is -0.119. The summed E-state index contributed by atoms with van der Waals surface area (Å²) < 4.78 is 13.8. The van der Waals surface area contributed by atoms with Crippen LogP contribution in [-0.4, -0.2) is 24.0 Å². The Hall–Kier alpha value is -2.43. The number of benzene rings is 1. The first-order valence-corrected chi connectivity index (χ1v) is 8.29. The van der Waals surface area contributed by atoms with E-state index in [4.69, 9.17) is 5.73 Å². The van der Waals surface area contributed by atoms with Crippen LogP contribution in [0.5, 0.6) is 0 Å². The fraction of sp³-hybridized carbons (Fsp3) is 0.368. The molecule has 2 N–H and O–H groups in total. The van der Waals surface area contributed by atoms with E-state index >= 15 is 0 Å². The first kappa shape index (κ1) is 16.4. The third kappa shape index (κ3) is 3.72. The maximum absolute atomic E-state index is 13.8. The molecule has 24 heavy (non-hydrogen) atoms. The zero-order chi connectivity index (χ0) is 17.1. The van der Waals surface area contributed by atoms with Crippen LogP contribution < -0.4 is 10.6 Å². The summed E-state index contributed by atoms with van der Waals surface area (Å²) in [5.41, 5.74) is 8.55. The van der Waals surface area contributed by atoms with E-state index in [9.17, 15) is 9.18 Å². The van der Waals surface area contributed by atoms with Gasteiger partial charge in [-0.25, -0.2) is 4.39 Å². The van der Waals surface area contributed by atoms with Gasteiger partial charge < -0.3 is 10.6 Å². The van der Waals surface area contributed by atoms with Gasteiger partial charge in [0.05, 0.1) is 5.69 Å². The van der Waals surface area contributed by atoms with E-state index in [0.29, 0.717) is 17.9 Å². The lowest BCUT2D eigenvalue weighted by Gasteiger charge is -2.33. The second-order valence-corrected chi connectivity index (χ2v) is 6.46. The predicted octanol–water partition coefficient (Wildman–Crippen LogP) is 3.29. The predicted molar refractivity (Wildman–Crippen MR) is 93.1 cm³/mol. The number of primary amides is 1. The number of piperidine rings is 1. The average molecular weight is 327 g/mol.